The Hall–Kier alpha value is -5.46. The van der Waals surface area contributed by atoms with Gasteiger partial charge in [-0.05, 0) is 70.7 Å². The van der Waals surface area contributed by atoms with Crippen molar-refractivity contribution in [2.45, 2.75) is 52.8 Å². The third-order valence-corrected chi connectivity index (χ3v) is 12.1. The molecule has 7 heteroatoms. The van der Waals surface area contributed by atoms with Crippen LogP contribution >= 0.6 is 0 Å². The molecular weight excluding hydrogens is 881 g/mol. The molecular formula is C49H44IrN4OSi-2. The zero-order valence-electron chi connectivity index (χ0n) is 32.8. The van der Waals surface area contributed by atoms with Gasteiger partial charge in [0.2, 0.25) is 5.71 Å². The minimum absolute atomic E-state index is 0. The molecule has 0 fully saturated rings. The number of furan rings is 1. The molecule has 4 heterocycles. The van der Waals surface area contributed by atoms with Gasteiger partial charge in [-0.1, -0.05) is 112 Å². The number of fused-ring (bicyclic) bond motifs is 4. The minimum Gasteiger partial charge on any atom is -0.486 e. The smallest absolute Gasteiger partial charge is 0.216 e. The van der Waals surface area contributed by atoms with Gasteiger partial charge in [0, 0.05) is 48.6 Å². The second-order valence-electron chi connectivity index (χ2n) is 16.1. The summed E-state index contributed by atoms with van der Waals surface area (Å²) < 4.78 is 8.64. The molecule has 1 radical (unpaired) electrons. The number of benzene rings is 5. The van der Waals surface area contributed by atoms with E-state index in [0.717, 1.165) is 72.5 Å². The molecule has 0 amide bonds. The van der Waals surface area contributed by atoms with Gasteiger partial charge in [-0.25, -0.2) is 4.98 Å². The van der Waals surface area contributed by atoms with E-state index >= 15 is 0 Å². The van der Waals surface area contributed by atoms with Crippen LogP contribution in [0.3, 0.4) is 0 Å². The fraction of sp³-hybridized carbons (Fsp3) is 0.163. The van der Waals surface area contributed by atoms with Gasteiger partial charge in [-0.2, -0.15) is 0 Å². The van der Waals surface area contributed by atoms with Crippen molar-refractivity contribution in [1.82, 2.24) is 19.5 Å². The fourth-order valence-electron chi connectivity index (χ4n) is 6.91. The number of rotatable bonds is 5. The maximum atomic E-state index is 6.39. The Morgan fingerprint density at radius 1 is 0.714 bits per heavy atom. The van der Waals surface area contributed by atoms with Gasteiger partial charge < -0.3 is 14.0 Å². The standard InChI is InChI=1S/C35H28N3O.C14H16NSi.Ir/c1-22-17-19-26-25-13-10-14-27(32(25)39-34(26)36-22)33-37-29-15-8-9-16-31(29)38(33)30-20-18-24(35(2,3)4)21-28(30)23-11-6-5-7-12-23;1-16(2,3)13-9-10-14(15-11-13)12-7-5-4-6-8-12;/h5-13,15-21H,1-4H3;4-7,9-11H,1-3H3;/q2*-1;. The summed E-state index contributed by atoms with van der Waals surface area (Å²) in [5.41, 5.74) is 11.8. The van der Waals surface area contributed by atoms with Gasteiger partial charge in [-0.15, -0.1) is 54.1 Å². The molecule has 0 saturated heterocycles. The first-order valence-corrected chi connectivity index (χ1v) is 22.3. The molecule has 0 unspecified atom stereocenters. The summed E-state index contributed by atoms with van der Waals surface area (Å²) >= 11 is 0. The number of hydrogen-bond acceptors (Lipinski definition) is 4. The summed E-state index contributed by atoms with van der Waals surface area (Å²) in [4.78, 5) is 14.3. The van der Waals surface area contributed by atoms with Crippen molar-refractivity contribution < 1.29 is 24.5 Å². The molecule has 5 aromatic carbocycles. The van der Waals surface area contributed by atoms with Crippen LogP contribution in [0.15, 0.2) is 144 Å². The Kier molecular flexibility index (Phi) is 10.8. The summed E-state index contributed by atoms with van der Waals surface area (Å²) in [5.74, 6) is 0.790. The van der Waals surface area contributed by atoms with E-state index in [2.05, 4.69) is 152 Å². The minimum atomic E-state index is -1.23. The zero-order chi connectivity index (χ0) is 38.3. The van der Waals surface area contributed by atoms with E-state index in [4.69, 9.17) is 9.40 Å². The van der Waals surface area contributed by atoms with Crippen LogP contribution in [-0.2, 0) is 25.5 Å². The van der Waals surface area contributed by atoms with Crippen molar-refractivity contribution in [3.63, 3.8) is 0 Å². The maximum absolute atomic E-state index is 6.39. The first-order valence-electron chi connectivity index (χ1n) is 18.8. The predicted octanol–water partition coefficient (Wildman–Crippen LogP) is 12.2. The molecule has 0 spiro atoms. The number of aryl methyl sites for hydroxylation is 1. The number of imidazole rings is 1. The van der Waals surface area contributed by atoms with Crippen LogP contribution in [-0.4, -0.2) is 27.6 Å². The molecule has 9 aromatic rings. The number of aromatic nitrogens is 4. The van der Waals surface area contributed by atoms with Crippen molar-refractivity contribution in [3.05, 3.63) is 163 Å². The molecule has 0 bridgehead atoms. The Bertz CT molecular complexity index is 2780. The molecule has 0 N–H and O–H groups in total. The van der Waals surface area contributed by atoms with E-state index in [9.17, 15) is 0 Å². The molecule has 0 atom stereocenters. The summed E-state index contributed by atoms with van der Waals surface area (Å²) in [7, 11) is -1.23. The van der Waals surface area contributed by atoms with Crippen LogP contribution < -0.4 is 5.19 Å². The van der Waals surface area contributed by atoms with Crippen LogP contribution in [0, 0.1) is 19.1 Å². The summed E-state index contributed by atoms with van der Waals surface area (Å²) in [5, 5.41) is 3.40. The van der Waals surface area contributed by atoms with Crippen molar-refractivity contribution >= 4 is 46.4 Å². The number of para-hydroxylation sites is 2. The summed E-state index contributed by atoms with van der Waals surface area (Å²) in [6.07, 6.45) is 2.02. The van der Waals surface area contributed by atoms with Gasteiger partial charge in [0.25, 0.3) is 0 Å². The first-order chi connectivity index (χ1) is 26.5. The zero-order valence-corrected chi connectivity index (χ0v) is 36.2. The maximum Gasteiger partial charge on any atom is 0.216 e. The molecule has 56 heavy (non-hydrogen) atoms. The van der Waals surface area contributed by atoms with Crippen molar-refractivity contribution in [1.29, 1.82) is 0 Å². The molecule has 9 rings (SSSR count). The topological polar surface area (TPSA) is 56.7 Å². The van der Waals surface area contributed by atoms with Gasteiger partial charge >= 0.3 is 0 Å². The average Bonchev–Trinajstić information content (AvgIpc) is 3.76. The van der Waals surface area contributed by atoms with Crippen LogP contribution in [0.2, 0.25) is 19.6 Å². The van der Waals surface area contributed by atoms with E-state index < -0.39 is 8.07 Å². The van der Waals surface area contributed by atoms with Crippen LogP contribution in [0.25, 0.3) is 72.6 Å². The van der Waals surface area contributed by atoms with Crippen LogP contribution in [0.5, 0.6) is 0 Å². The Labute approximate surface area is 343 Å². The number of pyridine rings is 2. The second kappa shape index (κ2) is 15.6. The van der Waals surface area contributed by atoms with Crippen LogP contribution in [0.1, 0.15) is 32.0 Å². The van der Waals surface area contributed by atoms with E-state index in [-0.39, 0.29) is 25.5 Å². The van der Waals surface area contributed by atoms with Crippen molar-refractivity contribution in [2.24, 2.45) is 0 Å². The Balaban J connectivity index is 0.000000238. The molecule has 5 nitrogen and oxygen atoms in total. The van der Waals surface area contributed by atoms with Crippen molar-refractivity contribution in [2.75, 3.05) is 0 Å². The normalized spacial score (nSPS) is 11.7. The van der Waals surface area contributed by atoms with E-state index in [0.29, 0.717) is 5.71 Å². The Morgan fingerprint density at radius 2 is 1.48 bits per heavy atom. The van der Waals surface area contributed by atoms with E-state index in [1.807, 2.05) is 61.7 Å². The van der Waals surface area contributed by atoms with E-state index in [1.54, 1.807) is 0 Å². The monoisotopic (exact) mass is 925 g/mol. The predicted molar refractivity (Wildman–Crippen MR) is 231 cm³/mol. The van der Waals surface area contributed by atoms with E-state index in [1.165, 1.54) is 10.8 Å². The first kappa shape index (κ1) is 38.8. The van der Waals surface area contributed by atoms with Gasteiger partial charge in [0.05, 0.1) is 30.5 Å². The second-order valence-corrected chi connectivity index (χ2v) is 21.1. The fourth-order valence-corrected chi connectivity index (χ4v) is 7.95. The molecule has 281 valence electrons. The number of hydrogen-bond donors (Lipinski definition) is 0. The summed E-state index contributed by atoms with van der Waals surface area (Å²) in [6.45, 7) is 15.7. The average molecular weight is 925 g/mol. The quantitative estimate of drug-likeness (QED) is 0.127. The molecule has 0 aliphatic rings. The SMILES string of the molecule is C[Si](C)(C)c1ccc(-c2[c-]cccc2)nc1.Cc1ccc2c(n1)oc1c(-c3nc4ccccc4n3-c3ccc(C(C)(C)C)cc3-c3ccccc3)[c-]ccc12.[Ir]. The molecule has 0 aliphatic heterocycles. The third-order valence-electron chi connectivity index (χ3n) is 10.0. The molecule has 0 aliphatic carbocycles. The van der Waals surface area contributed by atoms with Gasteiger partial charge in [0.1, 0.15) is 0 Å². The summed E-state index contributed by atoms with van der Waals surface area (Å²) in [6, 6.07) is 52.6. The Morgan fingerprint density at radius 3 is 2.20 bits per heavy atom. The largest absolute Gasteiger partial charge is 0.486 e. The van der Waals surface area contributed by atoms with Gasteiger partial charge in [-0.3, -0.25) is 4.98 Å². The molecule has 0 saturated carbocycles. The van der Waals surface area contributed by atoms with Crippen molar-refractivity contribution in [3.8, 4) is 39.5 Å². The molecule has 4 aromatic heterocycles. The van der Waals surface area contributed by atoms with Crippen LogP contribution in [0.4, 0.5) is 0 Å². The number of nitrogens with zero attached hydrogens (tertiary/aromatic N) is 4. The van der Waals surface area contributed by atoms with Gasteiger partial charge in [0.15, 0.2) is 0 Å². The third kappa shape index (κ3) is 7.68.